The van der Waals surface area contributed by atoms with Gasteiger partial charge >= 0.3 is 0 Å². The highest BCUT2D eigenvalue weighted by molar-refractivity contribution is 4.65. The first-order valence-corrected chi connectivity index (χ1v) is 3.52. The van der Waals surface area contributed by atoms with Crippen molar-refractivity contribution >= 4 is 0 Å². The fourth-order valence-electron chi connectivity index (χ4n) is 1.12. The number of hydrogen-bond acceptors (Lipinski definition) is 2. The van der Waals surface area contributed by atoms with Gasteiger partial charge in [0.15, 0.2) is 0 Å². The molecule has 0 aromatic heterocycles. The van der Waals surface area contributed by atoms with Gasteiger partial charge in [0.25, 0.3) is 0 Å². The molecule has 1 saturated heterocycles. The molecule has 0 aliphatic carbocycles. The second-order valence-corrected chi connectivity index (χ2v) is 2.98. The van der Waals surface area contributed by atoms with Gasteiger partial charge in [0.2, 0.25) is 0 Å². The number of hydrogen-bond donors (Lipinski definition) is 0. The Morgan fingerprint density at radius 2 is 2.11 bits per heavy atom. The lowest BCUT2D eigenvalue weighted by Gasteiger charge is -2.33. The normalized spacial score (nSPS) is 39.0. The molecule has 2 nitrogen and oxygen atoms in total. The van der Waals surface area contributed by atoms with E-state index < -0.39 is 0 Å². The third-order valence-corrected chi connectivity index (χ3v) is 1.84. The van der Waals surface area contributed by atoms with E-state index in [-0.39, 0.29) is 0 Å². The van der Waals surface area contributed by atoms with Crippen molar-refractivity contribution in [2.75, 3.05) is 20.2 Å². The zero-order chi connectivity index (χ0) is 6.85. The number of ether oxygens (including phenoxy) is 1. The average Bonchev–Trinajstić information content (AvgIpc) is 1.80. The van der Waals surface area contributed by atoms with Crippen molar-refractivity contribution < 1.29 is 4.74 Å². The van der Waals surface area contributed by atoms with Crippen LogP contribution in [-0.2, 0) is 4.74 Å². The van der Waals surface area contributed by atoms with Gasteiger partial charge in [-0.05, 0) is 19.9 Å². The number of rotatable bonds is 0. The van der Waals surface area contributed by atoms with Crippen molar-refractivity contribution in [2.45, 2.75) is 20.1 Å². The fraction of sp³-hybridized carbons (Fsp3) is 1.00. The van der Waals surface area contributed by atoms with Gasteiger partial charge in [0, 0.05) is 6.54 Å². The highest BCUT2D eigenvalue weighted by Crippen LogP contribution is 2.11. The Hall–Kier alpha value is -0.0800. The van der Waals surface area contributed by atoms with Crippen molar-refractivity contribution in [3.63, 3.8) is 0 Å². The van der Waals surface area contributed by atoms with Gasteiger partial charge in [-0.1, -0.05) is 6.92 Å². The Balaban J connectivity index is 2.35. The minimum Gasteiger partial charge on any atom is -0.363 e. The molecular weight excluding hydrogens is 114 g/mol. The molecule has 0 aromatic rings. The summed E-state index contributed by atoms with van der Waals surface area (Å²) in [4.78, 5) is 2.23. The van der Waals surface area contributed by atoms with Gasteiger partial charge in [-0.25, -0.2) is 0 Å². The highest BCUT2D eigenvalue weighted by Gasteiger charge is 2.18. The molecule has 0 spiro atoms. The molecule has 0 radical (unpaired) electrons. The molecule has 1 heterocycles. The quantitative estimate of drug-likeness (QED) is 0.482. The Morgan fingerprint density at radius 3 is 2.56 bits per heavy atom. The van der Waals surface area contributed by atoms with Crippen LogP contribution in [0.4, 0.5) is 0 Å². The van der Waals surface area contributed by atoms with E-state index in [2.05, 4.69) is 25.8 Å². The zero-order valence-corrected chi connectivity index (χ0v) is 6.42. The second kappa shape index (κ2) is 2.67. The second-order valence-electron chi connectivity index (χ2n) is 2.98. The topological polar surface area (TPSA) is 12.5 Å². The lowest BCUT2D eigenvalue weighted by atomic mass is 10.1. The van der Waals surface area contributed by atoms with Gasteiger partial charge in [-0.15, -0.1) is 0 Å². The Kier molecular flexibility index (Phi) is 2.09. The van der Waals surface area contributed by atoms with E-state index in [0.717, 1.165) is 6.61 Å². The van der Waals surface area contributed by atoms with Crippen LogP contribution in [0.3, 0.4) is 0 Å². The average molecular weight is 129 g/mol. The molecule has 1 fully saturated rings. The first kappa shape index (κ1) is 7.03. The van der Waals surface area contributed by atoms with Crippen molar-refractivity contribution in [3.05, 3.63) is 0 Å². The van der Waals surface area contributed by atoms with E-state index >= 15 is 0 Å². The standard InChI is InChI=1S/C7H15NO/c1-6-4-8(3)7(2)9-5-6/h6-7H,4-5H2,1-3H3/t6-,7-/m1/s1. The molecule has 0 N–H and O–H groups in total. The van der Waals surface area contributed by atoms with Gasteiger partial charge in [-0.3, -0.25) is 4.90 Å². The Bertz CT molecular complexity index is 94.9. The van der Waals surface area contributed by atoms with E-state index in [1.54, 1.807) is 0 Å². The van der Waals surface area contributed by atoms with Crippen LogP contribution in [0.25, 0.3) is 0 Å². The molecule has 1 aliphatic rings. The van der Waals surface area contributed by atoms with Crippen LogP contribution >= 0.6 is 0 Å². The SMILES string of the molecule is C[C@H]1CO[C@H](C)N(C)C1. The van der Waals surface area contributed by atoms with E-state index in [9.17, 15) is 0 Å². The predicted octanol–water partition coefficient (Wildman–Crippen LogP) is 0.930. The monoisotopic (exact) mass is 129 g/mol. The largest absolute Gasteiger partial charge is 0.363 e. The van der Waals surface area contributed by atoms with Crippen molar-refractivity contribution in [3.8, 4) is 0 Å². The van der Waals surface area contributed by atoms with Crippen LogP contribution < -0.4 is 0 Å². The fourth-order valence-corrected chi connectivity index (χ4v) is 1.12. The summed E-state index contributed by atoms with van der Waals surface area (Å²) in [6, 6.07) is 0. The van der Waals surface area contributed by atoms with Crippen LogP contribution in [0, 0.1) is 5.92 Å². The molecule has 1 aliphatic heterocycles. The highest BCUT2D eigenvalue weighted by atomic mass is 16.5. The molecule has 0 aromatic carbocycles. The molecule has 2 atom stereocenters. The van der Waals surface area contributed by atoms with Gasteiger partial charge in [-0.2, -0.15) is 0 Å². The molecule has 2 heteroatoms. The third kappa shape index (κ3) is 1.66. The molecule has 9 heavy (non-hydrogen) atoms. The van der Waals surface area contributed by atoms with Crippen molar-refractivity contribution in [1.29, 1.82) is 0 Å². The van der Waals surface area contributed by atoms with E-state index in [4.69, 9.17) is 4.74 Å². The third-order valence-electron chi connectivity index (χ3n) is 1.84. The molecular formula is C7H15NO. The number of nitrogens with zero attached hydrogens (tertiary/aromatic N) is 1. The summed E-state index contributed by atoms with van der Waals surface area (Å²) in [5.41, 5.74) is 0. The van der Waals surface area contributed by atoms with Crippen molar-refractivity contribution in [2.24, 2.45) is 5.92 Å². The van der Waals surface area contributed by atoms with E-state index in [0.29, 0.717) is 12.1 Å². The van der Waals surface area contributed by atoms with Gasteiger partial charge in [0.1, 0.15) is 6.23 Å². The molecule has 1 rings (SSSR count). The van der Waals surface area contributed by atoms with Gasteiger partial charge in [0.05, 0.1) is 6.61 Å². The van der Waals surface area contributed by atoms with Crippen LogP contribution in [-0.4, -0.2) is 31.3 Å². The minimum absolute atomic E-state index is 0.321. The van der Waals surface area contributed by atoms with Crippen LogP contribution in [0.2, 0.25) is 0 Å². The lowest BCUT2D eigenvalue weighted by Crippen LogP contribution is -2.41. The van der Waals surface area contributed by atoms with E-state index in [1.165, 1.54) is 6.54 Å². The van der Waals surface area contributed by atoms with Crippen molar-refractivity contribution in [1.82, 2.24) is 4.90 Å². The summed E-state index contributed by atoms with van der Waals surface area (Å²) in [5.74, 6) is 0.700. The lowest BCUT2D eigenvalue weighted by molar-refractivity contribution is -0.0937. The zero-order valence-electron chi connectivity index (χ0n) is 6.42. The summed E-state index contributed by atoms with van der Waals surface area (Å²) in [6.07, 6.45) is 0.321. The maximum absolute atomic E-state index is 5.43. The summed E-state index contributed by atoms with van der Waals surface area (Å²) in [5, 5.41) is 0. The molecule has 0 bridgehead atoms. The Morgan fingerprint density at radius 1 is 1.44 bits per heavy atom. The summed E-state index contributed by atoms with van der Waals surface area (Å²) < 4.78 is 5.43. The minimum atomic E-state index is 0.321. The summed E-state index contributed by atoms with van der Waals surface area (Å²) in [7, 11) is 2.10. The first-order chi connectivity index (χ1) is 4.20. The molecule has 0 saturated carbocycles. The summed E-state index contributed by atoms with van der Waals surface area (Å²) >= 11 is 0. The van der Waals surface area contributed by atoms with Gasteiger partial charge < -0.3 is 4.74 Å². The van der Waals surface area contributed by atoms with Crippen LogP contribution in [0.5, 0.6) is 0 Å². The van der Waals surface area contributed by atoms with Crippen LogP contribution in [0.15, 0.2) is 0 Å². The van der Waals surface area contributed by atoms with E-state index in [1.807, 2.05) is 0 Å². The Labute approximate surface area is 56.8 Å². The summed E-state index contributed by atoms with van der Waals surface area (Å²) in [6.45, 7) is 6.39. The molecule has 0 unspecified atom stereocenters. The predicted molar refractivity (Wildman–Crippen MR) is 37.2 cm³/mol. The molecule has 0 amide bonds. The first-order valence-electron chi connectivity index (χ1n) is 3.52. The maximum atomic E-state index is 5.43. The smallest absolute Gasteiger partial charge is 0.107 e. The van der Waals surface area contributed by atoms with Crippen LogP contribution in [0.1, 0.15) is 13.8 Å². The maximum Gasteiger partial charge on any atom is 0.107 e. The molecule has 54 valence electrons.